The van der Waals surface area contributed by atoms with E-state index in [4.69, 9.17) is 9.47 Å². The molecule has 0 saturated heterocycles. The number of nitro groups is 1. The van der Waals surface area contributed by atoms with Gasteiger partial charge in [-0.25, -0.2) is 0 Å². The molecule has 5 heteroatoms. The molecule has 0 amide bonds. The zero-order valence-corrected chi connectivity index (χ0v) is 11.8. The number of ether oxygens (including phenoxy) is 2. The maximum absolute atomic E-state index is 10.5. The monoisotopic (exact) mass is 277 g/mol. The van der Waals surface area contributed by atoms with Gasteiger partial charge < -0.3 is 9.47 Å². The molecule has 1 fully saturated rings. The third-order valence-corrected chi connectivity index (χ3v) is 3.51. The first kappa shape index (κ1) is 14.4. The number of nitrogens with zero attached hydrogens (tertiary/aromatic N) is 1. The van der Waals surface area contributed by atoms with E-state index in [1.165, 1.54) is 12.8 Å². The Balaban J connectivity index is 2.25. The van der Waals surface area contributed by atoms with Crippen molar-refractivity contribution in [2.75, 3.05) is 7.11 Å². The first-order valence-electron chi connectivity index (χ1n) is 6.77. The fourth-order valence-electron chi connectivity index (χ4n) is 2.43. The van der Waals surface area contributed by atoms with Crippen molar-refractivity contribution in [1.82, 2.24) is 0 Å². The van der Waals surface area contributed by atoms with Gasteiger partial charge in [-0.1, -0.05) is 6.07 Å². The quantitative estimate of drug-likeness (QED) is 0.608. The molecule has 0 atom stereocenters. The SMILES string of the molecule is COc1ccc(C(C)=C[N+](=O)[O-])cc1OC1CCCC1. The van der Waals surface area contributed by atoms with Crippen molar-refractivity contribution in [2.45, 2.75) is 38.7 Å². The first-order valence-corrected chi connectivity index (χ1v) is 6.77. The van der Waals surface area contributed by atoms with E-state index < -0.39 is 4.92 Å². The van der Waals surface area contributed by atoms with Crippen LogP contribution in [0.1, 0.15) is 38.2 Å². The van der Waals surface area contributed by atoms with Gasteiger partial charge in [0.2, 0.25) is 6.20 Å². The Labute approximate surface area is 118 Å². The third-order valence-electron chi connectivity index (χ3n) is 3.51. The lowest BCUT2D eigenvalue weighted by Crippen LogP contribution is -2.11. The highest BCUT2D eigenvalue weighted by molar-refractivity contribution is 5.65. The van der Waals surface area contributed by atoms with Crippen LogP contribution >= 0.6 is 0 Å². The molecule has 5 nitrogen and oxygen atoms in total. The average Bonchev–Trinajstić information content (AvgIpc) is 2.90. The number of allylic oxidation sites excluding steroid dienone is 1. The lowest BCUT2D eigenvalue weighted by molar-refractivity contribution is -0.401. The Morgan fingerprint density at radius 3 is 2.65 bits per heavy atom. The molecule has 2 rings (SSSR count). The van der Waals surface area contributed by atoms with Gasteiger partial charge in [0.05, 0.1) is 18.1 Å². The van der Waals surface area contributed by atoms with Gasteiger partial charge in [0.25, 0.3) is 0 Å². The van der Waals surface area contributed by atoms with E-state index in [2.05, 4.69) is 0 Å². The average molecular weight is 277 g/mol. The fourth-order valence-corrected chi connectivity index (χ4v) is 2.43. The van der Waals surface area contributed by atoms with Gasteiger partial charge in [0.1, 0.15) is 0 Å². The highest BCUT2D eigenvalue weighted by Gasteiger charge is 2.19. The van der Waals surface area contributed by atoms with Crippen molar-refractivity contribution in [1.29, 1.82) is 0 Å². The molecule has 0 aromatic heterocycles. The van der Waals surface area contributed by atoms with Crippen LogP contribution in [0.2, 0.25) is 0 Å². The number of hydrogen-bond acceptors (Lipinski definition) is 4. The van der Waals surface area contributed by atoms with Crippen molar-refractivity contribution >= 4 is 5.57 Å². The topological polar surface area (TPSA) is 61.6 Å². The van der Waals surface area contributed by atoms with E-state index in [-0.39, 0.29) is 6.10 Å². The van der Waals surface area contributed by atoms with E-state index >= 15 is 0 Å². The predicted octanol–water partition coefficient (Wildman–Crippen LogP) is 3.65. The summed E-state index contributed by atoms with van der Waals surface area (Å²) < 4.78 is 11.3. The Morgan fingerprint density at radius 1 is 1.35 bits per heavy atom. The summed E-state index contributed by atoms with van der Waals surface area (Å²) in [4.78, 5) is 10.1. The molecule has 1 saturated carbocycles. The van der Waals surface area contributed by atoms with Crippen LogP contribution in [0.4, 0.5) is 0 Å². The van der Waals surface area contributed by atoms with Gasteiger partial charge >= 0.3 is 0 Å². The largest absolute Gasteiger partial charge is 0.493 e. The molecule has 0 radical (unpaired) electrons. The van der Waals surface area contributed by atoms with Crippen molar-refractivity contribution < 1.29 is 14.4 Å². The molecule has 1 aliphatic rings. The lowest BCUT2D eigenvalue weighted by atomic mass is 10.1. The van der Waals surface area contributed by atoms with Crippen molar-refractivity contribution in [2.24, 2.45) is 0 Å². The van der Waals surface area contributed by atoms with Crippen LogP contribution in [-0.4, -0.2) is 18.1 Å². The molecule has 0 aliphatic heterocycles. The Morgan fingerprint density at radius 2 is 2.05 bits per heavy atom. The third kappa shape index (κ3) is 3.50. The minimum absolute atomic E-state index is 0.221. The number of benzene rings is 1. The van der Waals surface area contributed by atoms with E-state index in [0.29, 0.717) is 17.1 Å². The molecule has 0 heterocycles. The van der Waals surface area contributed by atoms with Crippen LogP contribution in [-0.2, 0) is 0 Å². The summed E-state index contributed by atoms with van der Waals surface area (Å²) in [6, 6.07) is 5.40. The number of hydrogen-bond donors (Lipinski definition) is 0. The molecule has 1 aliphatic carbocycles. The first-order chi connectivity index (χ1) is 9.60. The summed E-state index contributed by atoms with van der Waals surface area (Å²) in [6.07, 6.45) is 5.70. The van der Waals surface area contributed by atoms with Gasteiger partial charge in [-0.15, -0.1) is 0 Å². The van der Waals surface area contributed by atoms with Crippen LogP contribution in [0.15, 0.2) is 24.4 Å². The predicted molar refractivity (Wildman–Crippen MR) is 76.5 cm³/mol. The molecule has 0 bridgehead atoms. The molecule has 0 N–H and O–H groups in total. The van der Waals surface area contributed by atoms with Gasteiger partial charge in [0, 0.05) is 5.57 Å². The van der Waals surface area contributed by atoms with Gasteiger partial charge in [-0.2, -0.15) is 0 Å². The molecule has 20 heavy (non-hydrogen) atoms. The summed E-state index contributed by atoms with van der Waals surface area (Å²) in [5.74, 6) is 1.32. The van der Waals surface area contributed by atoms with E-state index in [1.807, 2.05) is 6.07 Å². The minimum atomic E-state index is -0.447. The standard InChI is InChI=1S/C15H19NO4/c1-11(10-16(17)18)12-7-8-14(19-2)15(9-12)20-13-5-3-4-6-13/h7-10,13H,3-6H2,1-2H3. The van der Waals surface area contributed by atoms with E-state index in [1.54, 1.807) is 26.2 Å². The highest BCUT2D eigenvalue weighted by Crippen LogP contribution is 2.34. The van der Waals surface area contributed by atoms with Crippen LogP contribution < -0.4 is 9.47 Å². The second kappa shape index (κ2) is 6.41. The molecular weight excluding hydrogens is 258 g/mol. The smallest absolute Gasteiger partial charge is 0.237 e. The lowest BCUT2D eigenvalue weighted by Gasteiger charge is -2.16. The van der Waals surface area contributed by atoms with E-state index in [0.717, 1.165) is 24.6 Å². The molecule has 0 spiro atoms. The number of rotatable bonds is 5. The highest BCUT2D eigenvalue weighted by atomic mass is 16.6. The second-order valence-electron chi connectivity index (χ2n) is 4.99. The van der Waals surface area contributed by atoms with Crippen molar-refractivity contribution in [3.8, 4) is 11.5 Å². The van der Waals surface area contributed by atoms with Crippen molar-refractivity contribution in [3.05, 3.63) is 40.1 Å². The molecule has 108 valence electrons. The van der Waals surface area contributed by atoms with Gasteiger partial charge in [0.15, 0.2) is 11.5 Å². The van der Waals surface area contributed by atoms with Gasteiger partial charge in [-0.05, 0) is 50.3 Å². The summed E-state index contributed by atoms with van der Waals surface area (Å²) in [7, 11) is 1.59. The van der Waals surface area contributed by atoms with Crippen LogP contribution in [0.25, 0.3) is 5.57 Å². The number of methoxy groups -OCH3 is 1. The van der Waals surface area contributed by atoms with Gasteiger partial charge in [-0.3, -0.25) is 10.1 Å². The second-order valence-corrected chi connectivity index (χ2v) is 4.99. The fraction of sp³-hybridized carbons (Fsp3) is 0.467. The molecule has 0 unspecified atom stereocenters. The maximum atomic E-state index is 10.5. The zero-order chi connectivity index (χ0) is 14.5. The summed E-state index contributed by atoms with van der Waals surface area (Å²) in [5.41, 5.74) is 1.37. The summed E-state index contributed by atoms with van der Waals surface area (Å²) in [5, 5.41) is 10.5. The van der Waals surface area contributed by atoms with Crippen LogP contribution in [0.5, 0.6) is 11.5 Å². The summed E-state index contributed by atoms with van der Waals surface area (Å²) >= 11 is 0. The normalized spacial score (nSPS) is 16.2. The molecule has 1 aromatic rings. The molecule has 1 aromatic carbocycles. The molecular formula is C15H19NO4. The van der Waals surface area contributed by atoms with E-state index in [9.17, 15) is 10.1 Å². The van der Waals surface area contributed by atoms with Crippen molar-refractivity contribution in [3.63, 3.8) is 0 Å². The Kier molecular flexibility index (Phi) is 4.61. The van der Waals surface area contributed by atoms with Crippen LogP contribution in [0, 0.1) is 10.1 Å². The Hall–Kier alpha value is -2.04. The Bertz CT molecular complexity index is 519. The zero-order valence-electron chi connectivity index (χ0n) is 11.8. The summed E-state index contributed by atoms with van der Waals surface area (Å²) in [6.45, 7) is 1.71. The van der Waals surface area contributed by atoms with Crippen LogP contribution in [0.3, 0.4) is 0 Å². The maximum Gasteiger partial charge on any atom is 0.237 e. The minimum Gasteiger partial charge on any atom is -0.493 e.